The number of hydrogen-bond acceptors (Lipinski definition) is 4. The molecule has 0 aliphatic carbocycles. The summed E-state index contributed by atoms with van der Waals surface area (Å²) in [5.74, 6) is -0.269. The Morgan fingerprint density at radius 3 is 2.43 bits per heavy atom. The summed E-state index contributed by atoms with van der Waals surface area (Å²) in [6.07, 6.45) is 0. The summed E-state index contributed by atoms with van der Waals surface area (Å²) in [5.41, 5.74) is 0.778. The molecule has 1 aromatic carbocycles. The first-order valence-electron chi connectivity index (χ1n) is 7.26. The van der Waals surface area contributed by atoms with Crippen molar-refractivity contribution in [2.45, 2.75) is 19.9 Å². The molecule has 1 rings (SSSR count). The first-order chi connectivity index (χ1) is 10.8. The van der Waals surface area contributed by atoms with Gasteiger partial charge in [-0.15, -0.1) is 0 Å². The van der Waals surface area contributed by atoms with Crippen LogP contribution in [0.15, 0.2) is 18.2 Å². The zero-order valence-corrected chi connectivity index (χ0v) is 14.1. The number of nitrogens with one attached hydrogen (secondary N) is 1. The van der Waals surface area contributed by atoms with Crippen molar-refractivity contribution < 1.29 is 24.2 Å². The standard InChI is InChI=1S/C16H24N2O5/c1-10(15(19)20)9-18(3)16(21)17-11(2)13-8-12(22-4)6-7-14(13)23-5/h6-8,10-11H,9H2,1-5H3,(H,17,21)(H,19,20). The number of hydrogen-bond donors (Lipinski definition) is 2. The quantitative estimate of drug-likeness (QED) is 0.802. The van der Waals surface area contributed by atoms with Gasteiger partial charge in [-0.2, -0.15) is 0 Å². The molecule has 2 atom stereocenters. The molecule has 1 aromatic rings. The Bertz CT molecular complexity index is 561. The number of carbonyl (C=O) groups is 2. The van der Waals surface area contributed by atoms with Crippen LogP contribution in [0.3, 0.4) is 0 Å². The van der Waals surface area contributed by atoms with Crippen molar-refractivity contribution in [3.8, 4) is 11.5 Å². The van der Waals surface area contributed by atoms with Crippen molar-refractivity contribution in [1.29, 1.82) is 0 Å². The molecule has 7 nitrogen and oxygen atoms in total. The number of carboxylic acid groups (broad SMARTS) is 1. The lowest BCUT2D eigenvalue weighted by Gasteiger charge is -2.24. The molecule has 128 valence electrons. The molecule has 0 heterocycles. The third-order valence-corrected chi connectivity index (χ3v) is 3.56. The van der Waals surface area contributed by atoms with Crippen LogP contribution in [0.1, 0.15) is 25.5 Å². The molecule has 23 heavy (non-hydrogen) atoms. The smallest absolute Gasteiger partial charge is 0.317 e. The average molecular weight is 324 g/mol. The number of methoxy groups -OCH3 is 2. The molecule has 0 spiro atoms. The maximum atomic E-state index is 12.2. The monoisotopic (exact) mass is 324 g/mol. The second kappa shape index (κ2) is 8.26. The van der Waals surface area contributed by atoms with Crippen LogP contribution >= 0.6 is 0 Å². The molecule has 2 N–H and O–H groups in total. The fraction of sp³-hybridized carbons (Fsp3) is 0.500. The Kier molecular flexibility index (Phi) is 6.68. The van der Waals surface area contributed by atoms with E-state index in [1.807, 2.05) is 6.92 Å². The minimum atomic E-state index is -0.938. The van der Waals surface area contributed by atoms with Crippen molar-refractivity contribution in [2.24, 2.45) is 5.92 Å². The molecule has 0 bridgehead atoms. The Hall–Kier alpha value is -2.44. The second-order valence-electron chi connectivity index (χ2n) is 5.40. The largest absolute Gasteiger partial charge is 0.497 e. The van der Waals surface area contributed by atoms with Crippen LogP contribution in [0, 0.1) is 5.92 Å². The van der Waals surface area contributed by atoms with Gasteiger partial charge >= 0.3 is 12.0 Å². The van der Waals surface area contributed by atoms with Crippen LogP contribution < -0.4 is 14.8 Å². The van der Waals surface area contributed by atoms with Crippen molar-refractivity contribution in [2.75, 3.05) is 27.8 Å². The SMILES string of the molecule is COc1ccc(OC)c(C(C)NC(=O)N(C)CC(C)C(=O)O)c1. The Labute approximate surface area is 136 Å². The highest BCUT2D eigenvalue weighted by Crippen LogP contribution is 2.29. The summed E-state index contributed by atoms with van der Waals surface area (Å²) in [6, 6.07) is 4.67. The average Bonchev–Trinajstić information content (AvgIpc) is 2.53. The third-order valence-electron chi connectivity index (χ3n) is 3.56. The second-order valence-corrected chi connectivity index (χ2v) is 5.40. The third kappa shape index (κ3) is 5.05. The number of rotatable bonds is 7. The topological polar surface area (TPSA) is 88.1 Å². The van der Waals surface area contributed by atoms with Crippen molar-refractivity contribution in [3.63, 3.8) is 0 Å². The van der Waals surface area contributed by atoms with Crippen molar-refractivity contribution >= 4 is 12.0 Å². The molecule has 0 aliphatic rings. The molecule has 0 radical (unpaired) electrons. The molecule has 2 amide bonds. The lowest BCUT2D eigenvalue weighted by atomic mass is 10.1. The van der Waals surface area contributed by atoms with Crippen LogP contribution in [0.25, 0.3) is 0 Å². The highest BCUT2D eigenvalue weighted by Gasteiger charge is 2.20. The molecular formula is C16H24N2O5. The van der Waals surface area contributed by atoms with Gasteiger partial charge in [0.05, 0.1) is 26.2 Å². The number of urea groups is 1. The van der Waals surface area contributed by atoms with E-state index in [0.717, 1.165) is 5.56 Å². The van der Waals surface area contributed by atoms with E-state index >= 15 is 0 Å². The number of aliphatic carboxylic acids is 1. The van der Waals surface area contributed by atoms with Gasteiger partial charge in [-0.3, -0.25) is 4.79 Å². The summed E-state index contributed by atoms with van der Waals surface area (Å²) < 4.78 is 10.5. The van der Waals surface area contributed by atoms with Gasteiger partial charge in [-0.1, -0.05) is 6.92 Å². The van der Waals surface area contributed by atoms with Crippen LogP contribution in [0.5, 0.6) is 11.5 Å². The van der Waals surface area contributed by atoms with Gasteiger partial charge in [0.25, 0.3) is 0 Å². The Balaban J connectivity index is 2.80. The van der Waals surface area contributed by atoms with Crippen LogP contribution in [0.4, 0.5) is 4.79 Å². The Morgan fingerprint density at radius 2 is 1.91 bits per heavy atom. The first kappa shape index (κ1) is 18.6. The zero-order chi connectivity index (χ0) is 17.6. The maximum Gasteiger partial charge on any atom is 0.317 e. The van der Waals surface area contributed by atoms with E-state index in [2.05, 4.69) is 5.32 Å². The summed E-state index contributed by atoms with van der Waals surface area (Å²) in [4.78, 5) is 24.4. The number of nitrogens with zero attached hydrogens (tertiary/aromatic N) is 1. The molecule has 0 aromatic heterocycles. The number of ether oxygens (including phenoxy) is 2. The molecule has 0 saturated heterocycles. The van der Waals surface area contributed by atoms with E-state index in [0.29, 0.717) is 11.5 Å². The van der Waals surface area contributed by atoms with Gasteiger partial charge in [0, 0.05) is 19.2 Å². The molecule has 0 saturated carbocycles. The summed E-state index contributed by atoms with van der Waals surface area (Å²) >= 11 is 0. The molecule has 2 unspecified atom stereocenters. The van der Waals surface area contributed by atoms with Gasteiger partial charge in [-0.05, 0) is 25.1 Å². The molecule has 0 aliphatic heterocycles. The predicted octanol–water partition coefficient (Wildman–Crippen LogP) is 2.13. The zero-order valence-electron chi connectivity index (χ0n) is 14.1. The van der Waals surface area contributed by atoms with Crippen LogP contribution in [0.2, 0.25) is 0 Å². The van der Waals surface area contributed by atoms with E-state index < -0.39 is 11.9 Å². The van der Waals surface area contributed by atoms with Crippen LogP contribution in [-0.4, -0.2) is 49.8 Å². The maximum absolute atomic E-state index is 12.2. The van der Waals surface area contributed by atoms with Gasteiger partial charge in [-0.25, -0.2) is 4.79 Å². The van der Waals surface area contributed by atoms with Crippen molar-refractivity contribution in [3.05, 3.63) is 23.8 Å². The van der Waals surface area contributed by atoms with Crippen LogP contribution in [-0.2, 0) is 4.79 Å². The lowest BCUT2D eigenvalue weighted by Crippen LogP contribution is -2.41. The number of benzene rings is 1. The van der Waals surface area contributed by atoms with Gasteiger partial charge in [0.2, 0.25) is 0 Å². The minimum absolute atomic E-state index is 0.128. The van der Waals surface area contributed by atoms with E-state index in [9.17, 15) is 9.59 Å². The first-order valence-corrected chi connectivity index (χ1v) is 7.26. The van der Waals surface area contributed by atoms with Gasteiger partial charge in [0.15, 0.2) is 0 Å². The lowest BCUT2D eigenvalue weighted by molar-refractivity contribution is -0.141. The predicted molar refractivity (Wildman–Crippen MR) is 85.9 cm³/mol. The highest BCUT2D eigenvalue weighted by molar-refractivity contribution is 5.76. The van der Waals surface area contributed by atoms with E-state index in [-0.39, 0.29) is 18.6 Å². The summed E-state index contributed by atoms with van der Waals surface area (Å²) in [5, 5.41) is 11.7. The summed E-state index contributed by atoms with van der Waals surface area (Å²) in [6.45, 7) is 3.51. The van der Waals surface area contributed by atoms with Gasteiger partial charge in [0.1, 0.15) is 11.5 Å². The van der Waals surface area contributed by atoms with E-state index in [1.54, 1.807) is 46.4 Å². The number of amides is 2. The number of carbonyl (C=O) groups excluding carboxylic acids is 1. The Morgan fingerprint density at radius 1 is 1.26 bits per heavy atom. The van der Waals surface area contributed by atoms with Gasteiger partial charge < -0.3 is 24.8 Å². The fourth-order valence-electron chi connectivity index (χ4n) is 2.12. The molecule has 0 fully saturated rings. The highest BCUT2D eigenvalue weighted by atomic mass is 16.5. The minimum Gasteiger partial charge on any atom is -0.497 e. The van der Waals surface area contributed by atoms with E-state index in [1.165, 1.54) is 4.90 Å². The van der Waals surface area contributed by atoms with E-state index in [4.69, 9.17) is 14.6 Å². The number of carboxylic acids is 1. The normalized spacial score (nSPS) is 12.9. The molecular weight excluding hydrogens is 300 g/mol. The summed E-state index contributed by atoms with van der Waals surface area (Å²) in [7, 11) is 4.68. The molecule has 7 heteroatoms. The van der Waals surface area contributed by atoms with Crippen molar-refractivity contribution in [1.82, 2.24) is 10.2 Å². The fourth-order valence-corrected chi connectivity index (χ4v) is 2.12.